The summed E-state index contributed by atoms with van der Waals surface area (Å²) in [5.41, 5.74) is 7.79. The molecule has 8 nitrogen and oxygen atoms in total. The highest BCUT2D eigenvalue weighted by Crippen LogP contribution is 2.33. The van der Waals surface area contributed by atoms with Crippen LogP contribution in [0.2, 0.25) is 0 Å². The van der Waals surface area contributed by atoms with Gasteiger partial charge in [0.25, 0.3) is 0 Å². The summed E-state index contributed by atoms with van der Waals surface area (Å²) in [6.07, 6.45) is 0. The summed E-state index contributed by atoms with van der Waals surface area (Å²) < 4.78 is 4.55. The number of nitrogens with two attached hydrogens (primary N) is 2. The molecule has 0 amide bonds. The molecule has 8 heteroatoms. The predicted octanol–water partition coefficient (Wildman–Crippen LogP) is -1.59. The third-order valence-corrected chi connectivity index (χ3v) is 2.57. The Labute approximate surface area is 108 Å². The molecular weight excluding hydrogens is 256 g/mol. The molecule has 0 saturated carbocycles. The topological polar surface area (TPSA) is 159 Å². The monoisotopic (exact) mass is 272 g/mol. The Balaban J connectivity index is 3.21. The standard InChI is InChI=1S/C11H16N2O6/c1-2-19-9(16)10(12,13)11(17,18)6-3-4-7(14)8(15)5-6/h3-5,14-15,17-18H,2,12-13H2,1H3. The van der Waals surface area contributed by atoms with E-state index in [2.05, 4.69) is 4.74 Å². The van der Waals surface area contributed by atoms with Crippen molar-refractivity contribution >= 4 is 5.97 Å². The Morgan fingerprint density at radius 2 is 1.84 bits per heavy atom. The lowest BCUT2D eigenvalue weighted by Crippen LogP contribution is -2.70. The maximum Gasteiger partial charge on any atom is 0.347 e. The molecular formula is C11H16N2O6. The lowest BCUT2D eigenvalue weighted by Gasteiger charge is -2.35. The van der Waals surface area contributed by atoms with Gasteiger partial charge in [0.2, 0.25) is 11.4 Å². The minimum atomic E-state index is -3.00. The fourth-order valence-corrected chi connectivity index (χ4v) is 1.37. The molecule has 106 valence electrons. The van der Waals surface area contributed by atoms with E-state index in [-0.39, 0.29) is 12.2 Å². The zero-order valence-corrected chi connectivity index (χ0v) is 10.2. The first-order valence-corrected chi connectivity index (χ1v) is 5.36. The van der Waals surface area contributed by atoms with Crippen molar-refractivity contribution in [1.82, 2.24) is 0 Å². The van der Waals surface area contributed by atoms with E-state index < -0.39 is 28.9 Å². The normalized spacial score (nSPS) is 12.3. The number of carbonyl (C=O) groups is 1. The highest BCUT2D eigenvalue weighted by atomic mass is 16.6. The molecule has 0 aromatic heterocycles. The number of benzene rings is 1. The second-order valence-corrected chi connectivity index (χ2v) is 3.97. The first-order valence-electron chi connectivity index (χ1n) is 5.36. The molecule has 0 aliphatic rings. The molecule has 0 aliphatic carbocycles. The van der Waals surface area contributed by atoms with Gasteiger partial charge in [-0.15, -0.1) is 0 Å². The van der Waals surface area contributed by atoms with Gasteiger partial charge >= 0.3 is 5.97 Å². The minimum Gasteiger partial charge on any atom is -0.504 e. The average molecular weight is 272 g/mol. The van der Waals surface area contributed by atoms with Crippen molar-refractivity contribution < 1.29 is 30.0 Å². The number of phenolic OH excluding ortho intramolecular Hbond substituents is 2. The van der Waals surface area contributed by atoms with Gasteiger partial charge in [0.1, 0.15) is 0 Å². The van der Waals surface area contributed by atoms with Crippen molar-refractivity contribution in [2.45, 2.75) is 18.4 Å². The van der Waals surface area contributed by atoms with Crippen molar-refractivity contribution in [2.24, 2.45) is 11.5 Å². The smallest absolute Gasteiger partial charge is 0.347 e. The number of phenols is 2. The van der Waals surface area contributed by atoms with Gasteiger partial charge in [-0.1, -0.05) is 0 Å². The summed E-state index contributed by atoms with van der Waals surface area (Å²) in [7, 11) is 0. The van der Waals surface area contributed by atoms with Crippen molar-refractivity contribution in [3.63, 3.8) is 0 Å². The largest absolute Gasteiger partial charge is 0.504 e. The first kappa shape index (κ1) is 15.2. The van der Waals surface area contributed by atoms with Crippen molar-refractivity contribution in [1.29, 1.82) is 0 Å². The number of hydrogen-bond acceptors (Lipinski definition) is 8. The number of aliphatic hydroxyl groups is 2. The van der Waals surface area contributed by atoms with Crippen molar-refractivity contribution in [2.75, 3.05) is 6.61 Å². The molecule has 0 bridgehead atoms. The van der Waals surface area contributed by atoms with Gasteiger partial charge in [0.05, 0.1) is 6.61 Å². The molecule has 0 spiro atoms. The zero-order valence-electron chi connectivity index (χ0n) is 10.2. The van der Waals surface area contributed by atoms with E-state index >= 15 is 0 Å². The van der Waals surface area contributed by atoms with Gasteiger partial charge in [-0.2, -0.15) is 0 Å². The quantitative estimate of drug-likeness (QED) is 0.217. The molecule has 0 radical (unpaired) electrons. The molecule has 1 aromatic carbocycles. The molecule has 1 aromatic rings. The van der Waals surface area contributed by atoms with Crippen LogP contribution in [0.1, 0.15) is 12.5 Å². The molecule has 8 N–H and O–H groups in total. The van der Waals surface area contributed by atoms with Crippen LogP contribution in [0.5, 0.6) is 11.5 Å². The van der Waals surface area contributed by atoms with Crippen LogP contribution in [0, 0.1) is 0 Å². The van der Waals surface area contributed by atoms with Gasteiger partial charge < -0.3 is 25.2 Å². The fourth-order valence-electron chi connectivity index (χ4n) is 1.37. The van der Waals surface area contributed by atoms with E-state index in [4.69, 9.17) is 16.6 Å². The van der Waals surface area contributed by atoms with Crippen LogP contribution < -0.4 is 11.5 Å². The van der Waals surface area contributed by atoms with Gasteiger partial charge in [-0.3, -0.25) is 11.5 Å². The maximum atomic E-state index is 11.5. The Morgan fingerprint density at radius 1 is 1.26 bits per heavy atom. The van der Waals surface area contributed by atoms with Crippen LogP contribution in [0.25, 0.3) is 0 Å². The number of carbonyl (C=O) groups excluding carboxylic acids is 1. The van der Waals surface area contributed by atoms with E-state index in [9.17, 15) is 20.1 Å². The summed E-state index contributed by atoms with van der Waals surface area (Å²) >= 11 is 0. The molecule has 1 rings (SSSR count). The van der Waals surface area contributed by atoms with E-state index in [0.717, 1.165) is 18.2 Å². The Morgan fingerprint density at radius 3 is 2.32 bits per heavy atom. The minimum absolute atomic E-state index is 0.0497. The highest BCUT2D eigenvalue weighted by Gasteiger charge is 2.52. The predicted molar refractivity (Wildman–Crippen MR) is 63.6 cm³/mol. The van der Waals surface area contributed by atoms with E-state index in [0.29, 0.717) is 0 Å². The second kappa shape index (κ2) is 5.02. The molecule has 0 atom stereocenters. The molecule has 0 unspecified atom stereocenters. The summed E-state index contributed by atoms with van der Waals surface area (Å²) in [4.78, 5) is 11.5. The van der Waals surface area contributed by atoms with Gasteiger partial charge in [-0.05, 0) is 25.1 Å². The SMILES string of the molecule is CCOC(=O)C(N)(N)C(O)(O)c1ccc(O)c(O)c1. The molecule has 0 heterocycles. The zero-order chi connectivity index (χ0) is 14.8. The third kappa shape index (κ3) is 2.61. The summed E-state index contributed by atoms with van der Waals surface area (Å²) in [6.45, 7) is 1.45. The lowest BCUT2D eigenvalue weighted by atomic mass is 9.92. The fraction of sp³-hybridized carbons (Fsp3) is 0.364. The van der Waals surface area contributed by atoms with E-state index in [1.54, 1.807) is 0 Å². The van der Waals surface area contributed by atoms with Crippen LogP contribution in [0.3, 0.4) is 0 Å². The second-order valence-electron chi connectivity index (χ2n) is 3.97. The lowest BCUT2D eigenvalue weighted by molar-refractivity contribution is -0.227. The van der Waals surface area contributed by atoms with Crippen LogP contribution >= 0.6 is 0 Å². The number of aromatic hydroxyl groups is 2. The third-order valence-electron chi connectivity index (χ3n) is 2.57. The molecule has 0 fully saturated rings. The number of esters is 1. The van der Waals surface area contributed by atoms with Gasteiger partial charge in [0.15, 0.2) is 11.5 Å². The van der Waals surface area contributed by atoms with Crippen LogP contribution in [-0.2, 0) is 15.3 Å². The number of hydrogen-bond donors (Lipinski definition) is 6. The Kier molecular flexibility index (Phi) is 4.01. The van der Waals surface area contributed by atoms with Crippen LogP contribution in [-0.4, -0.2) is 38.7 Å². The first-order chi connectivity index (χ1) is 8.64. The van der Waals surface area contributed by atoms with Crippen molar-refractivity contribution in [3.8, 4) is 11.5 Å². The van der Waals surface area contributed by atoms with Crippen LogP contribution in [0.4, 0.5) is 0 Å². The number of rotatable bonds is 4. The van der Waals surface area contributed by atoms with Gasteiger partial charge in [0, 0.05) is 5.56 Å². The van der Waals surface area contributed by atoms with E-state index in [1.165, 1.54) is 6.92 Å². The van der Waals surface area contributed by atoms with Crippen molar-refractivity contribution in [3.05, 3.63) is 23.8 Å². The average Bonchev–Trinajstić information content (AvgIpc) is 2.32. The summed E-state index contributed by atoms with van der Waals surface area (Å²) in [6, 6.07) is 2.86. The van der Waals surface area contributed by atoms with Crippen LogP contribution in [0.15, 0.2) is 18.2 Å². The summed E-state index contributed by atoms with van der Waals surface area (Å²) in [5.74, 6) is -5.32. The molecule has 19 heavy (non-hydrogen) atoms. The van der Waals surface area contributed by atoms with E-state index in [1.807, 2.05) is 0 Å². The highest BCUT2D eigenvalue weighted by molar-refractivity contribution is 5.81. The summed E-state index contributed by atoms with van der Waals surface area (Å²) in [5, 5.41) is 38.3. The Bertz CT molecular complexity index is 486. The molecule has 0 saturated heterocycles. The maximum absolute atomic E-state index is 11.5. The van der Waals surface area contributed by atoms with Gasteiger partial charge in [-0.25, -0.2) is 4.79 Å². The molecule has 0 aliphatic heterocycles. The number of ether oxygens (including phenoxy) is 1. The Hall–Kier alpha value is -1.87.